The summed E-state index contributed by atoms with van der Waals surface area (Å²) in [5.74, 6) is 0.146. The first-order valence-corrected chi connectivity index (χ1v) is 7.34. The Balaban J connectivity index is 1.94. The Kier molecular flexibility index (Phi) is 4.24. The number of methoxy groups -OCH3 is 1. The van der Waals surface area contributed by atoms with E-state index in [0.717, 1.165) is 10.9 Å². The summed E-state index contributed by atoms with van der Waals surface area (Å²) >= 11 is 0. The SMILES string of the molecule is COC(=O)c1cc(OCc2ccc(C)cc2)c2ccccc2n1. The largest absolute Gasteiger partial charge is 0.488 e. The van der Waals surface area contributed by atoms with Gasteiger partial charge in [0.1, 0.15) is 12.4 Å². The smallest absolute Gasteiger partial charge is 0.356 e. The molecular weight excluding hydrogens is 290 g/mol. The molecule has 0 aliphatic heterocycles. The number of pyridine rings is 1. The van der Waals surface area contributed by atoms with Gasteiger partial charge >= 0.3 is 5.97 Å². The average molecular weight is 307 g/mol. The normalized spacial score (nSPS) is 10.5. The van der Waals surface area contributed by atoms with Gasteiger partial charge in [-0.15, -0.1) is 0 Å². The molecule has 0 aliphatic rings. The molecule has 0 saturated carbocycles. The van der Waals surface area contributed by atoms with E-state index in [4.69, 9.17) is 9.47 Å². The van der Waals surface area contributed by atoms with Crippen LogP contribution in [0.4, 0.5) is 0 Å². The number of esters is 1. The minimum atomic E-state index is -0.476. The Bertz CT molecular complexity index is 841. The Morgan fingerprint density at radius 1 is 1.09 bits per heavy atom. The summed E-state index contributed by atoms with van der Waals surface area (Å²) in [6.07, 6.45) is 0. The molecule has 0 aliphatic carbocycles. The van der Waals surface area contributed by atoms with E-state index in [1.807, 2.05) is 55.5 Å². The van der Waals surface area contributed by atoms with Crippen molar-refractivity contribution in [2.75, 3.05) is 7.11 Å². The van der Waals surface area contributed by atoms with Crippen molar-refractivity contribution in [3.63, 3.8) is 0 Å². The fraction of sp³-hybridized carbons (Fsp3) is 0.158. The van der Waals surface area contributed by atoms with Gasteiger partial charge in [0.25, 0.3) is 0 Å². The van der Waals surface area contributed by atoms with Crippen LogP contribution in [0.1, 0.15) is 21.6 Å². The first kappa shape index (κ1) is 15.0. The van der Waals surface area contributed by atoms with E-state index in [0.29, 0.717) is 17.9 Å². The van der Waals surface area contributed by atoms with Crippen LogP contribution in [0.15, 0.2) is 54.6 Å². The zero-order valence-electron chi connectivity index (χ0n) is 13.1. The summed E-state index contributed by atoms with van der Waals surface area (Å²) in [6.45, 7) is 2.47. The molecule has 2 aromatic carbocycles. The average Bonchev–Trinajstić information content (AvgIpc) is 2.60. The number of ether oxygens (including phenoxy) is 2. The molecule has 0 spiro atoms. The van der Waals surface area contributed by atoms with E-state index < -0.39 is 5.97 Å². The lowest BCUT2D eigenvalue weighted by Crippen LogP contribution is -2.06. The van der Waals surface area contributed by atoms with Crippen LogP contribution in [-0.4, -0.2) is 18.1 Å². The topological polar surface area (TPSA) is 48.4 Å². The van der Waals surface area contributed by atoms with E-state index in [9.17, 15) is 4.79 Å². The van der Waals surface area contributed by atoms with Gasteiger partial charge in [0.05, 0.1) is 12.6 Å². The third-order valence-corrected chi connectivity index (χ3v) is 3.59. The summed E-state index contributed by atoms with van der Waals surface area (Å²) in [7, 11) is 1.34. The number of aryl methyl sites for hydroxylation is 1. The molecule has 0 saturated heterocycles. The lowest BCUT2D eigenvalue weighted by Gasteiger charge is -2.11. The maximum absolute atomic E-state index is 11.8. The Labute approximate surface area is 134 Å². The molecule has 116 valence electrons. The summed E-state index contributed by atoms with van der Waals surface area (Å²) < 4.78 is 10.7. The fourth-order valence-corrected chi connectivity index (χ4v) is 2.32. The molecule has 1 heterocycles. The number of benzene rings is 2. The van der Waals surface area contributed by atoms with Crippen molar-refractivity contribution in [1.82, 2.24) is 4.98 Å². The van der Waals surface area contributed by atoms with Crippen molar-refractivity contribution in [1.29, 1.82) is 0 Å². The highest BCUT2D eigenvalue weighted by atomic mass is 16.5. The number of para-hydroxylation sites is 1. The maximum atomic E-state index is 11.8. The molecule has 0 unspecified atom stereocenters. The molecule has 4 heteroatoms. The van der Waals surface area contributed by atoms with E-state index >= 15 is 0 Å². The predicted octanol–water partition coefficient (Wildman–Crippen LogP) is 3.91. The summed E-state index contributed by atoms with van der Waals surface area (Å²) in [5, 5.41) is 0.868. The van der Waals surface area contributed by atoms with Gasteiger partial charge in [-0.3, -0.25) is 0 Å². The molecule has 1 aromatic heterocycles. The van der Waals surface area contributed by atoms with Gasteiger partial charge in [-0.05, 0) is 24.6 Å². The quantitative estimate of drug-likeness (QED) is 0.686. The van der Waals surface area contributed by atoms with Crippen molar-refractivity contribution in [3.05, 3.63) is 71.4 Å². The predicted molar refractivity (Wildman–Crippen MR) is 88.6 cm³/mol. The van der Waals surface area contributed by atoms with E-state index in [-0.39, 0.29) is 5.69 Å². The third-order valence-electron chi connectivity index (χ3n) is 3.59. The second-order valence-corrected chi connectivity index (χ2v) is 5.29. The van der Waals surface area contributed by atoms with Crippen LogP contribution in [0.2, 0.25) is 0 Å². The van der Waals surface area contributed by atoms with Gasteiger partial charge in [-0.25, -0.2) is 9.78 Å². The van der Waals surface area contributed by atoms with Crippen molar-refractivity contribution < 1.29 is 14.3 Å². The summed E-state index contributed by atoms with van der Waals surface area (Å²) in [6, 6.07) is 17.3. The summed E-state index contributed by atoms with van der Waals surface area (Å²) in [4.78, 5) is 16.1. The lowest BCUT2D eigenvalue weighted by atomic mass is 10.1. The van der Waals surface area contributed by atoms with Crippen LogP contribution in [0.25, 0.3) is 10.9 Å². The Morgan fingerprint density at radius 3 is 2.57 bits per heavy atom. The van der Waals surface area contributed by atoms with Crippen LogP contribution in [-0.2, 0) is 11.3 Å². The molecule has 0 bridgehead atoms. The second kappa shape index (κ2) is 6.48. The van der Waals surface area contributed by atoms with Gasteiger partial charge in [-0.1, -0.05) is 42.0 Å². The summed E-state index contributed by atoms with van der Waals surface area (Å²) in [5.41, 5.74) is 3.21. The van der Waals surface area contributed by atoms with Gasteiger partial charge in [0.15, 0.2) is 5.69 Å². The molecule has 0 fully saturated rings. The molecular formula is C19H17NO3. The monoisotopic (exact) mass is 307 g/mol. The van der Waals surface area contributed by atoms with Crippen molar-refractivity contribution in [2.45, 2.75) is 13.5 Å². The molecule has 4 nitrogen and oxygen atoms in total. The number of rotatable bonds is 4. The van der Waals surface area contributed by atoms with Gasteiger partial charge in [-0.2, -0.15) is 0 Å². The molecule has 3 rings (SSSR count). The van der Waals surface area contributed by atoms with Crippen LogP contribution >= 0.6 is 0 Å². The Morgan fingerprint density at radius 2 is 1.83 bits per heavy atom. The maximum Gasteiger partial charge on any atom is 0.356 e. The Hall–Kier alpha value is -2.88. The first-order valence-electron chi connectivity index (χ1n) is 7.34. The van der Waals surface area contributed by atoms with E-state index in [2.05, 4.69) is 4.98 Å². The zero-order valence-corrected chi connectivity index (χ0v) is 13.1. The molecule has 0 amide bonds. The standard InChI is InChI=1S/C19H17NO3/c1-13-7-9-14(10-8-13)12-23-18-11-17(19(21)22-2)20-16-6-4-3-5-15(16)18/h3-11H,12H2,1-2H3. The highest BCUT2D eigenvalue weighted by molar-refractivity contribution is 5.93. The highest BCUT2D eigenvalue weighted by Crippen LogP contribution is 2.26. The number of nitrogens with zero attached hydrogens (tertiary/aromatic N) is 1. The van der Waals surface area contributed by atoms with Crippen LogP contribution in [0.5, 0.6) is 5.75 Å². The zero-order chi connectivity index (χ0) is 16.2. The number of aromatic nitrogens is 1. The highest BCUT2D eigenvalue weighted by Gasteiger charge is 2.13. The van der Waals surface area contributed by atoms with E-state index in [1.165, 1.54) is 12.7 Å². The number of hydrogen-bond donors (Lipinski definition) is 0. The fourth-order valence-electron chi connectivity index (χ4n) is 2.32. The van der Waals surface area contributed by atoms with Crippen molar-refractivity contribution in [2.24, 2.45) is 0 Å². The van der Waals surface area contributed by atoms with Crippen LogP contribution in [0, 0.1) is 6.92 Å². The van der Waals surface area contributed by atoms with Crippen molar-refractivity contribution in [3.8, 4) is 5.75 Å². The number of hydrogen-bond acceptors (Lipinski definition) is 4. The van der Waals surface area contributed by atoms with Gasteiger partial charge < -0.3 is 9.47 Å². The second-order valence-electron chi connectivity index (χ2n) is 5.29. The number of carbonyl (C=O) groups excluding carboxylic acids is 1. The van der Waals surface area contributed by atoms with Crippen LogP contribution in [0.3, 0.4) is 0 Å². The van der Waals surface area contributed by atoms with Crippen LogP contribution < -0.4 is 4.74 Å². The molecule has 0 N–H and O–H groups in total. The molecule has 3 aromatic rings. The third kappa shape index (κ3) is 3.31. The van der Waals surface area contributed by atoms with Gasteiger partial charge in [0.2, 0.25) is 0 Å². The first-order chi connectivity index (χ1) is 11.2. The van der Waals surface area contributed by atoms with E-state index in [1.54, 1.807) is 6.07 Å². The van der Waals surface area contributed by atoms with Crippen molar-refractivity contribution >= 4 is 16.9 Å². The minimum absolute atomic E-state index is 0.241. The molecule has 0 atom stereocenters. The molecule has 0 radical (unpaired) electrons. The number of fused-ring (bicyclic) bond motifs is 1. The molecule has 23 heavy (non-hydrogen) atoms. The number of carbonyl (C=O) groups is 1. The lowest BCUT2D eigenvalue weighted by molar-refractivity contribution is 0.0594. The van der Waals surface area contributed by atoms with Gasteiger partial charge in [0, 0.05) is 11.5 Å². The minimum Gasteiger partial charge on any atom is -0.488 e.